The van der Waals surface area contributed by atoms with Crippen LogP contribution in [0.2, 0.25) is 0 Å². The van der Waals surface area contributed by atoms with E-state index >= 15 is 0 Å². The van der Waals surface area contributed by atoms with E-state index in [2.05, 4.69) is 36.3 Å². The van der Waals surface area contributed by atoms with E-state index in [1.165, 1.54) is 6.33 Å². The lowest BCUT2D eigenvalue weighted by atomic mass is 9.66. The van der Waals surface area contributed by atoms with Crippen molar-refractivity contribution in [3.05, 3.63) is 42.7 Å². The molecule has 1 saturated carbocycles. The number of carboxylic acids is 1. The van der Waals surface area contributed by atoms with E-state index in [9.17, 15) is 18.4 Å². The quantitative estimate of drug-likeness (QED) is 0.452. The van der Waals surface area contributed by atoms with Gasteiger partial charge in [-0.1, -0.05) is 5.16 Å². The Morgan fingerprint density at radius 3 is 2.76 bits per heavy atom. The van der Waals surface area contributed by atoms with Gasteiger partial charge in [-0.3, -0.25) is 4.68 Å². The smallest absolute Gasteiger partial charge is 0.475 e. The van der Waals surface area contributed by atoms with E-state index in [0.717, 1.165) is 35.1 Å². The van der Waals surface area contributed by atoms with Crippen molar-refractivity contribution in [1.29, 1.82) is 5.26 Å². The molecule has 1 aliphatic rings. The van der Waals surface area contributed by atoms with Gasteiger partial charge in [-0.2, -0.15) is 28.5 Å². The van der Waals surface area contributed by atoms with Crippen LogP contribution in [0, 0.1) is 18.3 Å². The van der Waals surface area contributed by atoms with Gasteiger partial charge in [0.1, 0.15) is 12.0 Å². The van der Waals surface area contributed by atoms with Gasteiger partial charge >= 0.3 is 12.1 Å². The molecule has 0 unspecified atom stereocenters. The number of fused-ring (bicyclic) bond motifs is 1. The summed E-state index contributed by atoms with van der Waals surface area (Å²) in [5, 5.41) is 25.8. The largest absolute Gasteiger partial charge is 0.490 e. The second-order valence-electron chi connectivity index (χ2n) is 7.78. The highest BCUT2D eigenvalue weighted by molar-refractivity contribution is 5.90. The number of aliphatic carboxylic acids is 1. The van der Waals surface area contributed by atoms with Gasteiger partial charge in [-0.05, 0) is 25.8 Å². The molecule has 0 aliphatic heterocycles. The molecule has 11 nitrogen and oxygen atoms in total. The van der Waals surface area contributed by atoms with Crippen molar-refractivity contribution in [1.82, 2.24) is 34.9 Å². The second kappa shape index (κ2) is 8.58. The first-order valence-corrected chi connectivity index (χ1v) is 9.94. The molecule has 1 fully saturated rings. The molecule has 0 radical (unpaired) electrons. The summed E-state index contributed by atoms with van der Waals surface area (Å²) >= 11 is 0. The number of rotatable bonds is 4. The van der Waals surface area contributed by atoms with Crippen LogP contribution in [-0.2, 0) is 10.3 Å². The molecule has 0 amide bonds. The fourth-order valence-corrected chi connectivity index (χ4v) is 3.88. The Hall–Kier alpha value is -4.28. The summed E-state index contributed by atoms with van der Waals surface area (Å²) in [5.41, 5.74) is 2.15. The van der Waals surface area contributed by atoms with Gasteiger partial charge in [-0.15, -0.1) is 0 Å². The van der Waals surface area contributed by atoms with Gasteiger partial charge in [-0.25, -0.2) is 14.8 Å². The molecule has 1 aliphatic carbocycles. The zero-order valence-electron chi connectivity index (χ0n) is 17.6. The molecule has 0 spiro atoms. The van der Waals surface area contributed by atoms with Gasteiger partial charge in [0, 0.05) is 29.3 Å². The van der Waals surface area contributed by atoms with Crippen molar-refractivity contribution in [2.24, 2.45) is 0 Å². The number of aromatic amines is 1. The fourth-order valence-electron chi connectivity index (χ4n) is 3.88. The lowest BCUT2D eigenvalue weighted by Crippen LogP contribution is -2.45. The number of alkyl halides is 3. The first kappa shape index (κ1) is 22.9. The Morgan fingerprint density at radius 2 is 2.15 bits per heavy atom. The first-order chi connectivity index (χ1) is 16.1. The maximum absolute atomic E-state index is 10.6. The van der Waals surface area contributed by atoms with Crippen LogP contribution in [0.3, 0.4) is 0 Å². The number of nitrogens with one attached hydrogen (secondary N) is 1. The normalized spacial score (nSPS) is 19.7. The third kappa shape index (κ3) is 4.32. The molecule has 0 saturated heterocycles. The minimum atomic E-state index is -5.08. The zero-order chi connectivity index (χ0) is 24.5. The van der Waals surface area contributed by atoms with Crippen molar-refractivity contribution >= 4 is 17.0 Å². The Labute approximate surface area is 189 Å². The van der Waals surface area contributed by atoms with Crippen LogP contribution in [0.4, 0.5) is 13.2 Å². The van der Waals surface area contributed by atoms with E-state index in [1.54, 1.807) is 13.1 Å². The number of aryl methyl sites for hydroxylation is 1. The zero-order valence-corrected chi connectivity index (χ0v) is 17.6. The monoisotopic (exact) mass is 474 g/mol. The van der Waals surface area contributed by atoms with Crippen molar-refractivity contribution in [2.45, 2.75) is 43.8 Å². The molecular weight excluding hydrogens is 457 g/mol. The van der Waals surface area contributed by atoms with Gasteiger partial charge < -0.3 is 14.6 Å². The number of carboxylic acid groups (broad SMARTS) is 1. The molecule has 2 N–H and O–H groups in total. The fraction of sp³-hybridized carbons (Fsp3) is 0.350. The highest BCUT2D eigenvalue weighted by Gasteiger charge is 2.49. The molecule has 34 heavy (non-hydrogen) atoms. The van der Waals surface area contributed by atoms with E-state index < -0.39 is 12.1 Å². The number of halogens is 3. The maximum Gasteiger partial charge on any atom is 0.490 e. The summed E-state index contributed by atoms with van der Waals surface area (Å²) in [6.07, 6.45) is 3.90. The van der Waals surface area contributed by atoms with Crippen LogP contribution in [0.1, 0.15) is 36.9 Å². The number of hydrogen-bond donors (Lipinski definition) is 2. The van der Waals surface area contributed by atoms with Crippen molar-refractivity contribution in [2.75, 3.05) is 0 Å². The third-order valence-corrected chi connectivity index (χ3v) is 5.49. The van der Waals surface area contributed by atoms with Crippen LogP contribution in [0.5, 0.6) is 0 Å². The number of aromatic nitrogens is 7. The predicted octanol–water partition coefficient (Wildman–Crippen LogP) is 3.33. The molecule has 4 aromatic rings. The molecule has 14 heteroatoms. The number of carbonyl (C=O) groups is 1. The number of nitriles is 1. The summed E-state index contributed by atoms with van der Waals surface area (Å²) in [6.45, 7) is 1.80. The standard InChI is InChI=1S/C18H16N8O.C2HF3O2/c1-11-24-17(27-25-11)12-6-18(7-12,3-4-19)26-9-13(8-23-26)15-14-2-5-20-16(14)22-10-21-15;3-2(4,5)1(6)7/h2,5,8-10,12H,3,6-7H2,1H3,(H,20,21,22);(H,6,7). The van der Waals surface area contributed by atoms with Crippen molar-refractivity contribution < 1.29 is 27.6 Å². The molecule has 0 bridgehead atoms. The van der Waals surface area contributed by atoms with Gasteiger partial charge in [0.2, 0.25) is 5.89 Å². The highest BCUT2D eigenvalue weighted by Crippen LogP contribution is 2.51. The van der Waals surface area contributed by atoms with E-state index in [1.807, 2.05) is 23.1 Å². The topological polar surface area (TPSA) is 159 Å². The van der Waals surface area contributed by atoms with Gasteiger partial charge in [0.25, 0.3) is 0 Å². The average molecular weight is 474 g/mol. The summed E-state index contributed by atoms with van der Waals surface area (Å²) in [5.74, 6) is -1.34. The second-order valence-corrected chi connectivity index (χ2v) is 7.78. The SMILES string of the molecule is Cc1noc(C2CC(CC#N)(n3cc(-c4ncnc5[nH]ccc45)cn3)C2)n1.O=C(O)C(F)(F)F. The van der Waals surface area contributed by atoms with Crippen LogP contribution in [0.15, 0.2) is 35.5 Å². The average Bonchev–Trinajstić information content (AvgIpc) is 3.50. The van der Waals surface area contributed by atoms with Crippen LogP contribution in [0.25, 0.3) is 22.3 Å². The molecule has 0 aromatic carbocycles. The minimum Gasteiger partial charge on any atom is -0.475 e. The van der Waals surface area contributed by atoms with Crippen molar-refractivity contribution in [3.63, 3.8) is 0 Å². The molecular formula is C20H17F3N8O3. The summed E-state index contributed by atoms with van der Waals surface area (Å²) in [4.78, 5) is 25.0. The maximum atomic E-state index is 10.6. The summed E-state index contributed by atoms with van der Waals surface area (Å²) < 4.78 is 38.9. The molecule has 176 valence electrons. The first-order valence-electron chi connectivity index (χ1n) is 9.94. The predicted molar refractivity (Wildman–Crippen MR) is 108 cm³/mol. The van der Waals surface area contributed by atoms with Gasteiger partial charge in [0.15, 0.2) is 5.82 Å². The van der Waals surface area contributed by atoms with Crippen LogP contribution in [-0.4, -0.2) is 52.1 Å². The van der Waals surface area contributed by atoms with Crippen LogP contribution >= 0.6 is 0 Å². The van der Waals surface area contributed by atoms with Crippen LogP contribution < -0.4 is 0 Å². The molecule has 0 atom stereocenters. The number of nitrogens with zero attached hydrogens (tertiary/aromatic N) is 7. The Kier molecular flexibility index (Phi) is 5.78. The summed E-state index contributed by atoms with van der Waals surface area (Å²) in [7, 11) is 0. The Bertz CT molecular complexity index is 1360. The van der Waals surface area contributed by atoms with Crippen molar-refractivity contribution in [3.8, 4) is 17.3 Å². The van der Waals surface area contributed by atoms with Gasteiger partial charge in [0.05, 0.1) is 29.9 Å². The number of H-pyrrole nitrogens is 1. The van der Waals surface area contributed by atoms with E-state index in [0.29, 0.717) is 18.1 Å². The lowest BCUT2D eigenvalue weighted by Gasteiger charge is -2.44. The Balaban J connectivity index is 0.000000344. The van der Waals surface area contributed by atoms with E-state index in [-0.39, 0.29) is 11.5 Å². The minimum absolute atomic E-state index is 0.155. The summed E-state index contributed by atoms with van der Waals surface area (Å²) in [6, 6.07) is 4.25. The highest BCUT2D eigenvalue weighted by atomic mass is 19.4. The van der Waals surface area contributed by atoms with E-state index in [4.69, 9.17) is 14.4 Å². The number of hydrogen-bond acceptors (Lipinski definition) is 8. The Morgan fingerprint density at radius 1 is 1.41 bits per heavy atom. The lowest BCUT2D eigenvalue weighted by molar-refractivity contribution is -0.192. The molecule has 4 aromatic heterocycles. The third-order valence-electron chi connectivity index (χ3n) is 5.49. The molecule has 5 rings (SSSR count). The molecule has 4 heterocycles.